The number of rotatable bonds is 4. The highest BCUT2D eigenvalue weighted by molar-refractivity contribution is 7.91. The Hall–Kier alpha value is -0.130. The molecule has 0 aliphatic heterocycles. The van der Waals surface area contributed by atoms with Crippen molar-refractivity contribution in [1.82, 2.24) is 5.32 Å². The molecular formula is C12H23NO3S. The molecule has 0 bridgehead atoms. The van der Waals surface area contributed by atoms with E-state index in [-0.39, 0.29) is 5.25 Å². The fraction of sp³-hybridized carbons (Fsp3) is 1.00. The van der Waals surface area contributed by atoms with E-state index in [1.807, 2.05) is 0 Å². The molecule has 0 radical (unpaired) electrons. The first-order valence-electron chi connectivity index (χ1n) is 6.46. The van der Waals surface area contributed by atoms with E-state index in [0.717, 1.165) is 38.5 Å². The van der Waals surface area contributed by atoms with E-state index in [2.05, 4.69) is 5.32 Å². The standard InChI is InChI=1S/C12H23NO3S/c1-16-11-6-10(7-11)13-9-4-3-5-12(8-9)17(2,14)15/h9-13H,3-8H2,1-2H3. The fourth-order valence-corrected chi connectivity index (χ4v) is 4.09. The fourth-order valence-electron chi connectivity index (χ4n) is 2.91. The maximum atomic E-state index is 11.6. The van der Waals surface area contributed by atoms with Crippen molar-refractivity contribution in [1.29, 1.82) is 0 Å². The van der Waals surface area contributed by atoms with Crippen molar-refractivity contribution in [3.05, 3.63) is 0 Å². The van der Waals surface area contributed by atoms with Crippen molar-refractivity contribution >= 4 is 9.84 Å². The van der Waals surface area contributed by atoms with Crippen LogP contribution in [0.3, 0.4) is 0 Å². The van der Waals surface area contributed by atoms with E-state index in [1.54, 1.807) is 7.11 Å². The Morgan fingerprint density at radius 3 is 2.41 bits per heavy atom. The quantitative estimate of drug-likeness (QED) is 0.823. The van der Waals surface area contributed by atoms with E-state index in [0.29, 0.717) is 18.2 Å². The number of hydrogen-bond acceptors (Lipinski definition) is 4. The molecule has 0 spiro atoms. The SMILES string of the molecule is COC1CC(NC2CCCC(S(C)(=O)=O)C2)C1. The highest BCUT2D eigenvalue weighted by Gasteiger charge is 2.34. The second-order valence-electron chi connectivity index (χ2n) is 5.51. The van der Waals surface area contributed by atoms with Gasteiger partial charge in [-0.05, 0) is 32.1 Å². The van der Waals surface area contributed by atoms with Crippen molar-refractivity contribution < 1.29 is 13.2 Å². The summed E-state index contributed by atoms with van der Waals surface area (Å²) in [4.78, 5) is 0. The molecule has 17 heavy (non-hydrogen) atoms. The zero-order valence-corrected chi connectivity index (χ0v) is 11.5. The summed E-state index contributed by atoms with van der Waals surface area (Å²) in [6.07, 6.45) is 7.66. The van der Waals surface area contributed by atoms with Crippen LogP contribution >= 0.6 is 0 Å². The van der Waals surface area contributed by atoms with Crippen LogP contribution in [0.1, 0.15) is 38.5 Å². The van der Waals surface area contributed by atoms with E-state index >= 15 is 0 Å². The van der Waals surface area contributed by atoms with Gasteiger partial charge in [-0.3, -0.25) is 0 Å². The van der Waals surface area contributed by atoms with Crippen molar-refractivity contribution in [3.8, 4) is 0 Å². The summed E-state index contributed by atoms with van der Waals surface area (Å²) < 4.78 is 28.3. The maximum Gasteiger partial charge on any atom is 0.150 e. The molecule has 0 aromatic carbocycles. The average Bonchev–Trinajstić information content (AvgIpc) is 2.22. The zero-order chi connectivity index (χ0) is 12.5. The van der Waals surface area contributed by atoms with Crippen LogP contribution in [0.25, 0.3) is 0 Å². The Kier molecular flexibility index (Phi) is 4.10. The molecule has 2 unspecified atom stereocenters. The Labute approximate surface area is 104 Å². The monoisotopic (exact) mass is 261 g/mol. The van der Waals surface area contributed by atoms with Crippen LogP contribution in [0.4, 0.5) is 0 Å². The first-order chi connectivity index (χ1) is 7.99. The van der Waals surface area contributed by atoms with Gasteiger partial charge in [0.2, 0.25) is 0 Å². The molecule has 0 heterocycles. The summed E-state index contributed by atoms with van der Waals surface area (Å²) in [5.41, 5.74) is 0. The van der Waals surface area contributed by atoms with Crippen molar-refractivity contribution in [3.63, 3.8) is 0 Å². The first-order valence-corrected chi connectivity index (χ1v) is 8.42. The van der Waals surface area contributed by atoms with Gasteiger partial charge in [-0.15, -0.1) is 0 Å². The van der Waals surface area contributed by atoms with Gasteiger partial charge in [0.25, 0.3) is 0 Å². The molecule has 0 aromatic rings. The Morgan fingerprint density at radius 2 is 1.82 bits per heavy atom. The van der Waals surface area contributed by atoms with Gasteiger partial charge in [-0.2, -0.15) is 0 Å². The number of methoxy groups -OCH3 is 1. The van der Waals surface area contributed by atoms with Gasteiger partial charge in [-0.25, -0.2) is 8.42 Å². The summed E-state index contributed by atoms with van der Waals surface area (Å²) >= 11 is 0. The Morgan fingerprint density at radius 1 is 1.12 bits per heavy atom. The summed E-state index contributed by atoms with van der Waals surface area (Å²) in [7, 11) is -1.11. The van der Waals surface area contributed by atoms with Gasteiger partial charge in [0.1, 0.15) is 9.84 Å². The molecule has 2 aliphatic carbocycles. The van der Waals surface area contributed by atoms with Crippen LogP contribution in [0.2, 0.25) is 0 Å². The molecule has 5 heteroatoms. The topological polar surface area (TPSA) is 55.4 Å². The first kappa shape index (κ1) is 13.3. The van der Waals surface area contributed by atoms with Gasteiger partial charge >= 0.3 is 0 Å². The molecule has 0 amide bonds. The predicted octanol–water partition coefficient (Wildman–Crippen LogP) is 1.11. The summed E-state index contributed by atoms with van der Waals surface area (Å²) in [6.45, 7) is 0. The Bertz CT molecular complexity index is 349. The van der Waals surface area contributed by atoms with E-state index < -0.39 is 9.84 Å². The molecule has 1 N–H and O–H groups in total. The van der Waals surface area contributed by atoms with Crippen molar-refractivity contribution in [2.75, 3.05) is 13.4 Å². The Balaban J connectivity index is 1.79. The van der Waals surface area contributed by atoms with Crippen LogP contribution in [-0.2, 0) is 14.6 Å². The van der Waals surface area contributed by atoms with E-state index in [4.69, 9.17) is 4.74 Å². The van der Waals surface area contributed by atoms with Gasteiger partial charge in [0.15, 0.2) is 0 Å². The zero-order valence-electron chi connectivity index (χ0n) is 10.7. The van der Waals surface area contributed by atoms with Crippen LogP contribution in [-0.4, -0.2) is 45.2 Å². The molecule has 2 fully saturated rings. The van der Waals surface area contributed by atoms with Gasteiger partial charge < -0.3 is 10.1 Å². The van der Waals surface area contributed by atoms with Crippen LogP contribution in [0, 0.1) is 0 Å². The van der Waals surface area contributed by atoms with Crippen LogP contribution in [0.5, 0.6) is 0 Å². The second-order valence-corrected chi connectivity index (χ2v) is 7.83. The molecule has 2 aliphatic rings. The summed E-state index contributed by atoms with van der Waals surface area (Å²) in [6, 6.07) is 0.912. The molecule has 0 aromatic heterocycles. The van der Waals surface area contributed by atoms with Crippen molar-refractivity contribution in [2.45, 2.75) is 62.0 Å². The summed E-state index contributed by atoms with van der Waals surface area (Å²) in [5, 5.41) is 3.44. The lowest BCUT2D eigenvalue weighted by molar-refractivity contribution is 0.0129. The third-order valence-corrected chi connectivity index (χ3v) is 5.77. The maximum absolute atomic E-state index is 11.6. The highest BCUT2D eigenvalue weighted by Crippen LogP contribution is 2.28. The molecule has 2 rings (SSSR count). The predicted molar refractivity (Wildman–Crippen MR) is 67.8 cm³/mol. The minimum atomic E-state index is -2.86. The molecule has 100 valence electrons. The third-order valence-electron chi connectivity index (χ3n) is 4.13. The molecule has 0 saturated heterocycles. The van der Waals surface area contributed by atoms with Gasteiger partial charge in [0, 0.05) is 25.4 Å². The minimum Gasteiger partial charge on any atom is -0.381 e. The molecule has 2 saturated carbocycles. The van der Waals surface area contributed by atoms with Crippen LogP contribution < -0.4 is 5.32 Å². The van der Waals surface area contributed by atoms with E-state index in [9.17, 15) is 8.42 Å². The number of sulfone groups is 1. The number of nitrogens with one attached hydrogen (secondary N) is 1. The van der Waals surface area contributed by atoms with Gasteiger partial charge in [0.05, 0.1) is 11.4 Å². The normalized spacial score (nSPS) is 38.7. The second kappa shape index (κ2) is 5.24. The smallest absolute Gasteiger partial charge is 0.150 e. The lowest BCUT2D eigenvalue weighted by atomic mass is 9.86. The summed E-state index contributed by atoms with van der Waals surface area (Å²) in [5.74, 6) is 0. The lowest BCUT2D eigenvalue weighted by Crippen LogP contribution is -2.51. The molecular weight excluding hydrogens is 238 g/mol. The van der Waals surface area contributed by atoms with E-state index in [1.165, 1.54) is 6.26 Å². The van der Waals surface area contributed by atoms with Gasteiger partial charge in [-0.1, -0.05) is 6.42 Å². The van der Waals surface area contributed by atoms with Crippen LogP contribution in [0.15, 0.2) is 0 Å². The number of ether oxygens (including phenoxy) is 1. The number of hydrogen-bond donors (Lipinski definition) is 1. The highest BCUT2D eigenvalue weighted by atomic mass is 32.2. The largest absolute Gasteiger partial charge is 0.381 e. The molecule has 4 nitrogen and oxygen atoms in total. The lowest BCUT2D eigenvalue weighted by Gasteiger charge is -2.39. The molecule has 2 atom stereocenters. The average molecular weight is 261 g/mol. The minimum absolute atomic E-state index is 0.132. The van der Waals surface area contributed by atoms with Crippen molar-refractivity contribution in [2.24, 2.45) is 0 Å². The third kappa shape index (κ3) is 3.42.